The van der Waals surface area contributed by atoms with Crippen LogP contribution in [0.1, 0.15) is 5.56 Å². The van der Waals surface area contributed by atoms with E-state index >= 15 is 0 Å². The highest BCUT2D eigenvalue weighted by Crippen LogP contribution is 2.36. The lowest BCUT2D eigenvalue weighted by Crippen LogP contribution is -2.06. The van der Waals surface area contributed by atoms with Crippen LogP contribution >= 0.6 is 34.4 Å². The van der Waals surface area contributed by atoms with Crippen molar-refractivity contribution < 1.29 is 13.2 Å². The third kappa shape index (κ3) is 2.77. The number of rotatable bonds is 1. The SMILES string of the molecule is CSc1ccc(I)cc1C(F)(F)F. The van der Waals surface area contributed by atoms with E-state index in [9.17, 15) is 13.2 Å². The van der Waals surface area contributed by atoms with E-state index in [-0.39, 0.29) is 4.90 Å². The number of benzene rings is 1. The fourth-order valence-electron chi connectivity index (χ4n) is 0.902. The molecule has 0 saturated heterocycles. The van der Waals surface area contributed by atoms with Gasteiger partial charge < -0.3 is 0 Å². The summed E-state index contributed by atoms with van der Waals surface area (Å²) in [4.78, 5) is 0.271. The summed E-state index contributed by atoms with van der Waals surface area (Å²) in [7, 11) is 0. The Morgan fingerprint density at radius 3 is 2.38 bits per heavy atom. The maximum Gasteiger partial charge on any atom is 0.417 e. The van der Waals surface area contributed by atoms with Gasteiger partial charge in [0.2, 0.25) is 0 Å². The summed E-state index contributed by atoms with van der Waals surface area (Å²) < 4.78 is 37.8. The molecule has 0 aliphatic rings. The largest absolute Gasteiger partial charge is 0.417 e. The zero-order valence-corrected chi connectivity index (χ0v) is 9.63. The van der Waals surface area contributed by atoms with Gasteiger partial charge in [-0.2, -0.15) is 13.2 Å². The minimum atomic E-state index is -4.25. The van der Waals surface area contributed by atoms with Crippen LogP contribution in [0.15, 0.2) is 23.1 Å². The predicted molar refractivity (Wildman–Crippen MR) is 55.9 cm³/mol. The highest BCUT2D eigenvalue weighted by molar-refractivity contribution is 14.1. The van der Waals surface area contributed by atoms with Gasteiger partial charge in [-0.05, 0) is 47.0 Å². The van der Waals surface area contributed by atoms with E-state index < -0.39 is 11.7 Å². The van der Waals surface area contributed by atoms with Crippen LogP contribution < -0.4 is 0 Å². The molecule has 0 spiro atoms. The van der Waals surface area contributed by atoms with Gasteiger partial charge in [0, 0.05) is 8.47 Å². The molecule has 0 nitrogen and oxygen atoms in total. The van der Waals surface area contributed by atoms with Crippen LogP contribution in [0.3, 0.4) is 0 Å². The van der Waals surface area contributed by atoms with Crippen LogP contribution in [0.25, 0.3) is 0 Å². The smallest absolute Gasteiger partial charge is 0.166 e. The number of alkyl halides is 3. The molecule has 72 valence electrons. The molecule has 0 amide bonds. The van der Waals surface area contributed by atoms with Gasteiger partial charge in [-0.1, -0.05) is 0 Å². The van der Waals surface area contributed by atoms with Crippen LogP contribution in [-0.4, -0.2) is 6.26 Å². The molecule has 0 aliphatic carbocycles. The van der Waals surface area contributed by atoms with Crippen molar-refractivity contribution in [2.24, 2.45) is 0 Å². The van der Waals surface area contributed by atoms with Crippen molar-refractivity contribution >= 4 is 34.4 Å². The third-order valence-electron chi connectivity index (χ3n) is 1.47. The molecule has 1 rings (SSSR count). The first-order chi connectivity index (χ1) is 5.95. The van der Waals surface area contributed by atoms with Crippen molar-refractivity contribution in [2.45, 2.75) is 11.1 Å². The zero-order chi connectivity index (χ0) is 10.1. The van der Waals surface area contributed by atoms with E-state index in [2.05, 4.69) is 0 Å². The molecule has 0 bridgehead atoms. The van der Waals surface area contributed by atoms with E-state index in [0.29, 0.717) is 3.57 Å². The molecular formula is C8H6F3IS. The van der Waals surface area contributed by atoms with Crippen LogP contribution in [0.4, 0.5) is 13.2 Å². The molecule has 0 unspecified atom stereocenters. The maximum atomic E-state index is 12.4. The summed E-state index contributed by atoms with van der Waals surface area (Å²) in [5.41, 5.74) is -0.549. The Morgan fingerprint density at radius 1 is 1.31 bits per heavy atom. The molecule has 1 aromatic rings. The second kappa shape index (κ2) is 4.08. The van der Waals surface area contributed by atoms with Gasteiger partial charge in [-0.15, -0.1) is 11.8 Å². The highest BCUT2D eigenvalue weighted by Gasteiger charge is 2.33. The second-order valence-corrected chi connectivity index (χ2v) is 4.44. The summed E-state index contributed by atoms with van der Waals surface area (Å²) >= 11 is 2.98. The maximum absolute atomic E-state index is 12.4. The summed E-state index contributed by atoms with van der Waals surface area (Å²) in [6, 6.07) is 4.32. The number of halogens is 4. The van der Waals surface area contributed by atoms with E-state index in [1.165, 1.54) is 6.07 Å². The molecule has 0 heterocycles. The van der Waals surface area contributed by atoms with E-state index in [0.717, 1.165) is 17.8 Å². The number of hydrogen-bond donors (Lipinski definition) is 0. The van der Waals surface area contributed by atoms with E-state index in [4.69, 9.17) is 0 Å². The van der Waals surface area contributed by atoms with Crippen molar-refractivity contribution in [2.75, 3.05) is 6.26 Å². The van der Waals surface area contributed by atoms with Crippen molar-refractivity contribution in [1.29, 1.82) is 0 Å². The first-order valence-corrected chi connectivity index (χ1v) is 5.66. The fourth-order valence-corrected chi connectivity index (χ4v) is 1.99. The summed E-state index contributed by atoms with van der Waals surface area (Å²) in [5, 5.41) is 0. The summed E-state index contributed by atoms with van der Waals surface area (Å²) in [5.74, 6) is 0. The molecule has 0 radical (unpaired) electrons. The van der Waals surface area contributed by atoms with Crippen LogP contribution in [0, 0.1) is 3.57 Å². The average molecular weight is 318 g/mol. The van der Waals surface area contributed by atoms with Gasteiger partial charge in [0.15, 0.2) is 0 Å². The van der Waals surface area contributed by atoms with Crippen LogP contribution in [0.5, 0.6) is 0 Å². The third-order valence-corrected chi connectivity index (χ3v) is 2.93. The molecule has 0 N–H and O–H groups in total. The predicted octanol–water partition coefficient (Wildman–Crippen LogP) is 4.03. The Kier molecular flexibility index (Phi) is 3.50. The molecule has 5 heteroatoms. The highest BCUT2D eigenvalue weighted by atomic mass is 127. The van der Waals surface area contributed by atoms with Gasteiger partial charge in [-0.3, -0.25) is 0 Å². The second-order valence-electron chi connectivity index (χ2n) is 2.34. The first kappa shape index (κ1) is 11.2. The van der Waals surface area contributed by atoms with Gasteiger partial charge in [0.1, 0.15) is 0 Å². The topological polar surface area (TPSA) is 0 Å². The molecule has 0 saturated carbocycles. The van der Waals surface area contributed by atoms with Crippen LogP contribution in [-0.2, 0) is 6.18 Å². The number of hydrogen-bond acceptors (Lipinski definition) is 1. The average Bonchev–Trinajstić information content (AvgIpc) is 2.03. The van der Waals surface area contributed by atoms with E-state index in [1.807, 2.05) is 22.6 Å². The van der Waals surface area contributed by atoms with Crippen molar-refractivity contribution in [3.8, 4) is 0 Å². The van der Waals surface area contributed by atoms with Crippen molar-refractivity contribution in [3.05, 3.63) is 27.3 Å². The lowest BCUT2D eigenvalue weighted by molar-refractivity contribution is -0.139. The molecular weight excluding hydrogens is 312 g/mol. The summed E-state index contributed by atoms with van der Waals surface area (Å²) in [6.07, 6.45) is -2.61. The first-order valence-electron chi connectivity index (χ1n) is 3.36. The molecule has 13 heavy (non-hydrogen) atoms. The van der Waals surface area contributed by atoms with Crippen molar-refractivity contribution in [3.63, 3.8) is 0 Å². The minimum Gasteiger partial charge on any atom is -0.166 e. The zero-order valence-electron chi connectivity index (χ0n) is 6.65. The molecule has 0 aromatic heterocycles. The van der Waals surface area contributed by atoms with Gasteiger partial charge in [0.05, 0.1) is 5.56 Å². The fraction of sp³-hybridized carbons (Fsp3) is 0.250. The molecule has 0 fully saturated rings. The lowest BCUT2D eigenvalue weighted by atomic mass is 10.2. The number of thioether (sulfide) groups is 1. The Balaban J connectivity index is 3.24. The van der Waals surface area contributed by atoms with Crippen LogP contribution in [0.2, 0.25) is 0 Å². The Bertz CT molecular complexity index is 309. The van der Waals surface area contributed by atoms with E-state index in [1.54, 1.807) is 12.3 Å². The van der Waals surface area contributed by atoms with Crippen molar-refractivity contribution in [1.82, 2.24) is 0 Å². The standard InChI is InChI=1S/C8H6F3IS/c1-13-7-3-2-5(12)4-6(7)8(9,10)11/h2-4H,1H3. The Hall–Kier alpha value is 0.0900. The van der Waals surface area contributed by atoms with Gasteiger partial charge in [-0.25, -0.2) is 0 Å². The Labute approximate surface area is 92.0 Å². The molecule has 0 atom stereocenters. The van der Waals surface area contributed by atoms with Gasteiger partial charge in [0.25, 0.3) is 0 Å². The lowest BCUT2D eigenvalue weighted by Gasteiger charge is -2.10. The quantitative estimate of drug-likeness (QED) is 0.556. The molecule has 1 aromatic carbocycles. The van der Waals surface area contributed by atoms with Gasteiger partial charge >= 0.3 is 6.18 Å². The molecule has 0 aliphatic heterocycles. The minimum absolute atomic E-state index is 0.271. The summed E-state index contributed by atoms with van der Waals surface area (Å²) in [6.45, 7) is 0. The Morgan fingerprint density at radius 2 is 1.92 bits per heavy atom. The monoisotopic (exact) mass is 318 g/mol. The normalized spacial score (nSPS) is 11.8.